The van der Waals surface area contributed by atoms with Crippen molar-refractivity contribution in [1.29, 1.82) is 0 Å². The number of benzene rings is 1. The van der Waals surface area contributed by atoms with Crippen LogP contribution in [0, 0.1) is 17.6 Å². The Hall–Kier alpha value is -0.520. The highest BCUT2D eigenvalue weighted by molar-refractivity contribution is 9.10. The van der Waals surface area contributed by atoms with Crippen LogP contribution in [0.5, 0.6) is 0 Å². The highest BCUT2D eigenvalue weighted by Crippen LogP contribution is 2.26. The molecule has 0 bridgehead atoms. The van der Waals surface area contributed by atoms with E-state index in [-0.39, 0.29) is 22.5 Å². The van der Waals surface area contributed by atoms with Gasteiger partial charge in [0.2, 0.25) is 0 Å². The lowest BCUT2D eigenvalue weighted by Gasteiger charge is -2.26. The summed E-state index contributed by atoms with van der Waals surface area (Å²) in [6, 6.07) is 2.54. The zero-order chi connectivity index (χ0) is 15.1. The monoisotopic (exact) mass is 348 g/mol. The first kappa shape index (κ1) is 17.5. The second-order valence-electron chi connectivity index (χ2n) is 5.11. The van der Waals surface area contributed by atoms with Gasteiger partial charge in [-0.3, -0.25) is 11.3 Å². The zero-order valence-electron chi connectivity index (χ0n) is 12.1. The van der Waals surface area contributed by atoms with E-state index in [1.165, 1.54) is 12.1 Å². The molecule has 2 atom stereocenters. The fourth-order valence-corrected chi connectivity index (χ4v) is 2.87. The maximum absolute atomic E-state index is 14.0. The second-order valence-corrected chi connectivity index (χ2v) is 5.96. The predicted octanol–water partition coefficient (Wildman–Crippen LogP) is 4.32. The molecule has 1 aromatic carbocycles. The predicted molar refractivity (Wildman–Crippen MR) is 82.2 cm³/mol. The number of halogens is 3. The summed E-state index contributed by atoms with van der Waals surface area (Å²) in [5.41, 5.74) is 2.83. The van der Waals surface area contributed by atoms with Gasteiger partial charge in [-0.1, -0.05) is 33.1 Å². The molecule has 20 heavy (non-hydrogen) atoms. The van der Waals surface area contributed by atoms with Crippen LogP contribution < -0.4 is 11.3 Å². The van der Waals surface area contributed by atoms with Crippen LogP contribution in [-0.4, -0.2) is 6.04 Å². The molecule has 0 saturated heterocycles. The second kappa shape index (κ2) is 8.70. The first-order valence-electron chi connectivity index (χ1n) is 7.13. The number of hydrazine groups is 1. The van der Waals surface area contributed by atoms with Gasteiger partial charge in [0.1, 0.15) is 11.6 Å². The minimum absolute atomic E-state index is 0.0947. The van der Waals surface area contributed by atoms with E-state index in [0.29, 0.717) is 5.92 Å². The summed E-state index contributed by atoms with van der Waals surface area (Å²) >= 11 is 3.09. The van der Waals surface area contributed by atoms with Crippen LogP contribution in [-0.2, 0) is 6.42 Å². The molecule has 0 heterocycles. The zero-order valence-corrected chi connectivity index (χ0v) is 13.6. The van der Waals surface area contributed by atoms with Crippen LogP contribution in [0.4, 0.5) is 8.78 Å². The van der Waals surface area contributed by atoms with Crippen molar-refractivity contribution in [3.63, 3.8) is 0 Å². The van der Waals surface area contributed by atoms with Gasteiger partial charge in [-0.25, -0.2) is 8.78 Å². The lowest BCUT2D eigenvalue weighted by Crippen LogP contribution is -2.42. The van der Waals surface area contributed by atoms with Gasteiger partial charge in [0.15, 0.2) is 0 Å². The maximum Gasteiger partial charge on any atom is 0.143 e. The van der Waals surface area contributed by atoms with E-state index >= 15 is 0 Å². The number of nitrogens with two attached hydrogens (primary N) is 1. The van der Waals surface area contributed by atoms with Crippen molar-refractivity contribution in [1.82, 2.24) is 5.43 Å². The molecule has 0 aliphatic heterocycles. The number of hydrogen-bond donors (Lipinski definition) is 2. The van der Waals surface area contributed by atoms with Crippen LogP contribution >= 0.6 is 15.9 Å². The molecule has 3 N–H and O–H groups in total. The normalized spacial score (nSPS) is 14.3. The Morgan fingerprint density at radius 3 is 2.55 bits per heavy atom. The summed E-state index contributed by atoms with van der Waals surface area (Å²) in [4.78, 5) is 0. The summed E-state index contributed by atoms with van der Waals surface area (Å²) < 4.78 is 28.1. The Kier molecular flexibility index (Phi) is 7.62. The molecule has 1 rings (SSSR count). The minimum Gasteiger partial charge on any atom is -0.271 e. The van der Waals surface area contributed by atoms with E-state index in [2.05, 4.69) is 35.2 Å². The summed E-state index contributed by atoms with van der Waals surface area (Å²) in [5.74, 6) is 4.87. The van der Waals surface area contributed by atoms with E-state index < -0.39 is 11.6 Å². The average molecular weight is 349 g/mol. The van der Waals surface area contributed by atoms with E-state index in [9.17, 15) is 8.78 Å². The molecule has 0 spiro atoms. The summed E-state index contributed by atoms with van der Waals surface area (Å²) in [6.07, 6.45) is 4.41. The largest absolute Gasteiger partial charge is 0.271 e. The lowest BCUT2D eigenvalue weighted by atomic mass is 9.87. The number of unbranched alkanes of at least 4 members (excludes halogenated alkanes) is 1. The van der Waals surface area contributed by atoms with Gasteiger partial charge in [-0.2, -0.15) is 0 Å². The smallest absolute Gasteiger partial charge is 0.143 e. The quantitative estimate of drug-likeness (QED) is 0.417. The third kappa shape index (κ3) is 4.50. The van der Waals surface area contributed by atoms with Gasteiger partial charge in [0, 0.05) is 11.6 Å². The molecular formula is C15H23BrF2N2. The number of nitrogens with one attached hydrogen (secondary N) is 1. The van der Waals surface area contributed by atoms with Gasteiger partial charge < -0.3 is 0 Å². The van der Waals surface area contributed by atoms with Crippen molar-refractivity contribution in [2.75, 3.05) is 0 Å². The van der Waals surface area contributed by atoms with Crippen molar-refractivity contribution >= 4 is 15.9 Å². The van der Waals surface area contributed by atoms with Crippen LogP contribution in [0.25, 0.3) is 0 Å². The molecule has 0 amide bonds. The van der Waals surface area contributed by atoms with E-state index in [4.69, 9.17) is 5.84 Å². The fraction of sp³-hybridized carbons (Fsp3) is 0.600. The molecule has 1 aromatic rings. The average Bonchev–Trinajstić information content (AvgIpc) is 2.45. The van der Waals surface area contributed by atoms with Crippen LogP contribution in [0.1, 0.15) is 45.1 Å². The van der Waals surface area contributed by atoms with E-state index in [1.54, 1.807) is 0 Å². The van der Waals surface area contributed by atoms with Crippen LogP contribution in [0.3, 0.4) is 0 Å². The standard InChI is InChI=1S/C15H23BrF2N2/c1-3-5-6-10(4-2)14(20-19)9-11-13(17)8-7-12(16)15(11)18/h7-8,10,14,20H,3-6,9,19H2,1-2H3. The highest BCUT2D eigenvalue weighted by Gasteiger charge is 2.23. The third-order valence-electron chi connectivity index (χ3n) is 3.80. The molecule has 0 fully saturated rings. The molecule has 0 aliphatic rings. The van der Waals surface area contributed by atoms with Gasteiger partial charge in [-0.05, 0) is 46.8 Å². The molecule has 2 unspecified atom stereocenters. The third-order valence-corrected chi connectivity index (χ3v) is 4.41. The van der Waals surface area contributed by atoms with Crippen molar-refractivity contribution in [3.05, 3.63) is 33.8 Å². The Labute approximate surface area is 128 Å². The van der Waals surface area contributed by atoms with Gasteiger partial charge in [0.05, 0.1) is 4.47 Å². The number of hydrogen-bond acceptors (Lipinski definition) is 2. The number of rotatable bonds is 8. The Balaban J connectivity index is 2.90. The van der Waals surface area contributed by atoms with Gasteiger partial charge in [0.25, 0.3) is 0 Å². The van der Waals surface area contributed by atoms with E-state index in [1.807, 2.05) is 0 Å². The molecule has 0 saturated carbocycles. The molecular weight excluding hydrogens is 326 g/mol. The highest BCUT2D eigenvalue weighted by atomic mass is 79.9. The summed E-state index contributed by atoms with van der Waals surface area (Å²) in [7, 11) is 0. The van der Waals surface area contributed by atoms with Crippen molar-refractivity contribution in [3.8, 4) is 0 Å². The molecule has 5 heteroatoms. The molecule has 0 radical (unpaired) electrons. The Bertz CT molecular complexity index is 427. The van der Waals surface area contributed by atoms with Crippen LogP contribution in [0.2, 0.25) is 0 Å². The summed E-state index contributed by atoms with van der Waals surface area (Å²) in [6.45, 7) is 4.21. The molecule has 0 aliphatic carbocycles. The Morgan fingerprint density at radius 2 is 2.00 bits per heavy atom. The van der Waals surface area contributed by atoms with Gasteiger partial charge in [-0.15, -0.1) is 0 Å². The minimum atomic E-state index is -0.532. The lowest BCUT2D eigenvalue weighted by molar-refractivity contribution is 0.313. The SMILES string of the molecule is CCCCC(CC)C(Cc1c(F)ccc(Br)c1F)NN. The first-order chi connectivity index (χ1) is 9.54. The Morgan fingerprint density at radius 1 is 1.30 bits per heavy atom. The summed E-state index contributed by atoms with van der Waals surface area (Å²) in [5, 5.41) is 0. The molecule has 2 nitrogen and oxygen atoms in total. The molecule has 0 aromatic heterocycles. The topological polar surface area (TPSA) is 38.0 Å². The van der Waals surface area contributed by atoms with Gasteiger partial charge >= 0.3 is 0 Å². The van der Waals surface area contributed by atoms with Crippen LogP contribution in [0.15, 0.2) is 16.6 Å². The van der Waals surface area contributed by atoms with E-state index in [0.717, 1.165) is 25.7 Å². The van der Waals surface area contributed by atoms with Crippen molar-refractivity contribution < 1.29 is 8.78 Å². The van der Waals surface area contributed by atoms with Crippen molar-refractivity contribution in [2.24, 2.45) is 11.8 Å². The van der Waals surface area contributed by atoms with Crippen molar-refractivity contribution in [2.45, 2.75) is 52.0 Å². The maximum atomic E-state index is 14.0. The fourth-order valence-electron chi connectivity index (χ4n) is 2.49. The first-order valence-corrected chi connectivity index (χ1v) is 7.92. The molecule has 114 valence electrons.